The minimum atomic E-state index is -0.418. The monoisotopic (exact) mass is 261 g/mol. The summed E-state index contributed by atoms with van der Waals surface area (Å²) < 4.78 is 0. The van der Waals surface area contributed by atoms with E-state index in [1.807, 2.05) is 17.5 Å². The van der Waals surface area contributed by atoms with Crippen molar-refractivity contribution < 1.29 is 4.92 Å². The van der Waals surface area contributed by atoms with Gasteiger partial charge in [0.05, 0.1) is 16.8 Å². The van der Waals surface area contributed by atoms with Crippen LogP contribution in [-0.2, 0) is 0 Å². The maximum atomic E-state index is 10.5. The van der Waals surface area contributed by atoms with Gasteiger partial charge in [-0.15, -0.1) is 11.3 Å². The number of hydrogen-bond donors (Lipinski definition) is 0. The number of rotatable bonds is 4. The highest BCUT2D eigenvalue weighted by molar-refractivity contribution is 7.11. The number of hydrazone groups is 1. The first-order chi connectivity index (χ1) is 8.66. The van der Waals surface area contributed by atoms with E-state index >= 15 is 0 Å². The minimum Gasteiger partial charge on any atom is -0.269 e. The summed E-state index contributed by atoms with van der Waals surface area (Å²) in [6.45, 7) is 0. The Morgan fingerprint density at radius 2 is 2.06 bits per heavy atom. The van der Waals surface area contributed by atoms with E-state index in [2.05, 4.69) is 5.10 Å². The number of nitrogens with zero attached hydrogens (tertiary/aromatic N) is 3. The third-order valence-electron chi connectivity index (χ3n) is 2.34. The molecule has 0 saturated heterocycles. The molecular weight excluding hydrogens is 250 g/mol. The van der Waals surface area contributed by atoms with Crippen LogP contribution in [0.2, 0.25) is 0 Å². The molecule has 5 nitrogen and oxygen atoms in total. The maximum absolute atomic E-state index is 10.5. The molecule has 0 fully saturated rings. The molecule has 0 aliphatic rings. The van der Waals surface area contributed by atoms with E-state index in [-0.39, 0.29) is 5.69 Å². The summed E-state index contributed by atoms with van der Waals surface area (Å²) in [5, 5.41) is 18.4. The molecule has 0 radical (unpaired) electrons. The van der Waals surface area contributed by atoms with Gasteiger partial charge in [0, 0.05) is 24.1 Å². The van der Waals surface area contributed by atoms with E-state index in [4.69, 9.17) is 0 Å². The second kappa shape index (κ2) is 5.42. The Morgan fingerprint density at radius 1 is 1.33 bits per heavy atom. The van der Waals surface area contributed by atoms with Gasteiger partial charge in [-0.25, -0.2) is 0 Å². The van der Waals surface area contributed by atoms with Crippen molar-refractivity contribution in [2.75, 3.05) is 12.1 Å². The standard InChI is InChI=1S/C12H11N3O2S/c1-14(13-9-12-3-2-8-18-12)10-4-6-11(7-5-10)15(16)17/h2-9H,1H3/b13-9+. The molecule has 1 aromatic carbocycles. The summed E-state index contributed by atoms with van der Waals surface area (Å²) in [7, 11) is 1.80. The summed E-state index contributed by atoms with van der Waals surface area (Å²) in [6, 6.07) is 10.2. The van der Waals surface area contributed by atoms with Crippen LogP contribution in [-0.4, -0.2) is 18.2 Å². The van der Waals surface area contributed by atoms with Gasteiger partial charge in [0.15, 0.2) is 0 Å². The number of hydrogen-bond acceptors (Lipinski definition) is 5. The largest absolute Gasteiger partial charge is 0.269 e. The lowest BCUT2D eigenvalue weighted by atomic mass is 10.3. The molecule has 0 aliphatic heterocycles. The van der Waals surface area contributed by atoms with Gasteiger partial charge >= 0.3 is 0 Å². The molecule has 0 amide bonds. The molecule has 6 heteroatoms. The molecule has 0 saturated carbocycles. The van der Waals surface area contributed by atoms with Crippen LogP contribution in [0.4, 0.5) is 11.4 Å². The van der Waals surface area contributed by atoms with E-state index in [0.29, 0.717) is 0 Å². The Morgan fingerprint density at radius 3 is 2.61 bits per heavy atom. The van der Waals surface area contributed by atoms with Crippen molar-refractivity contribution >= 4 is 28.9 Å². The summed E-state index contributed by atoms with van der Waals surface area (Å²) in [4.78, 5) is 11.2. The fourth-order valence-electron chi connectivity index (χ4n) is 1.36. The highest BCUT2D eigenvalue weighted by Gasteiger charge is 2.05. The molecule has 0 atom stereocenters. The van der Waals surface area contributed by atoms with Crippen LogP contribution in [0.3, 0.4) is 0 Å². The van der Waals surface area contributed by atoms with Crippen LogP contribution in [0.15, 0.2) is 46.9 Å². The second-order valence-electron chi connectivity index (χ2n) is 3.56. The summed E-state index contributed by atoms with van der Waals surface area (Å²) in [6.07, 6.45) is 1.76. The van der Waals surface area contributed by atoms with Gasteiger partial charge in [-0.3, -0.25) is 15.1 Å². The number of non-ortho nitro benzene ring substituents is 1. The lowest BCUT2D eigenvalue weighted by Crippen LogP contribution is -2.08. The highest BCUT2D eigenvalue weighted by Crippen LogP contribution is 2.18. The predicted octanol–water partition coefficient (Wildman–Crippen LogP) is 3.13. The van der Waals surface area contributed by atoms with Gasteiger partial charge in [0.2, 0.25) is 0 Å². The summed E-state index contributed by atoms with van der Waals surface area (Å²) in [5.74, 6) is 0. The zero-order valence-corrected chi connectivity index (χ0v) is 10.5. The van der Waals surface area contributed by atoms with Gasteiger partial charge in [-0.2, -0.15) is 5.10 Å². The Kier molecular flexibility index (Phi) is 3.69. The first-order valence-electron chi connectivity index (χ1n) is 5.22. The van der Waals surface area contributed by atoms with Crippen LogP contribution in [0.5, 0.6) is 0 Å². The van der Waals surface area contributed by atoms with E-state index in [1.165, 1.54) is 12.1 Å². The number of nitro benzene ring substituents is 1. The quantitative estimate of drug-likeness (QED) is 0.482. The van der Waals surface area contributed by atoms with Gasteiger partial charge in [0.1, 0.15) is 0 Å². The van der Waals surface area contributed by atoms with E-state index in [0.717, 1.165) is 10.6 Å². The fourth-order valence-corrected chi connectivity index (χ4v) is 1.94. The molecule has 1 heterocycles. The average molecular weight is 261 g/mol. The molecule has 0 aliphatic carbocycles. The van der Waals surface area contributed by atoms with Crippen molar-refractivity contribution in [3.63, 3.8) is 0 Å². The first-order valence-corrected chi connectivity index (χ1v) is 6.10. The van der Waals surface area contributed by atoms with E-state index in [9.17, 15) is 10.1 Å². The lowest BCUT2D eigenvalue weighted by Gasteiger charge is -2.11. The average Bonchev–Trinajstić information content (AvgIpc) is 2.89. The lowest BCUT2D eigenvalue weighted by molar-refractivity contribution is -0.384. The van der Waals surface area contributed by atoms with Crippen LogP contribution >= 0.6 is 11.3 Å². The highest BCUT2D eigenvalue weighted by atomic mass is 32.1. The Hall–Kier alpha value is -2.21. The van der Waals surface area contributed by atoms with Crippen molar-refractivity contribution in [1.82, 2.24) is 0 Å². The van der Waals surface area contributed by atoms with Crippen LogP contribution < -0.4 is 5.01 Å². The molecule has 92 valence electrons. The predicted molar refractivity (Wildman–Crippen MR) is 73.4 cm³/mol. The smallest absolute Gasteiger partial charge is 0.269 e. The summed E-state index contributed by atoms with van der Waals surface area (Å²) >= 11 is 1.60. The number of thiophene rings is 1. The number of benzene rings is 1. The van der Waals surface area contributed by atoms with Crippen molar-refractivity contribution in [2.45, 2.75) is 0 Å². The van der Waals surface area contributed by atoms with Crippen LogP contribution in [0, 0.1) is 10.1 Å². The number of nitro groups is 1. The Bertz CT molecular complexity index is 549. The van der Waals surface area contributed by atoms with Gasteiger partial charge < -0.3 is 0 Å². The summed E-state index contributed by atoms with van der Waals surface area (Å²) in [5.41, 5.74) is 0.878. The maximum Gasteiger partial charge on any atom is 0.269 e. The zero-order valence-electron chi connectivity index (χ0n) is 9.69. The van der Waals surface area contributed by atoms with Crippen LogP contribution in [0.1, 0.15) is 4.88 Å². The van der Waals surface area contributed by atoms with Crippen molar-refractivity contribution in [3.8, 4) is 0 Å². The fraction of sp³-hybridized carbons (Fsp3) is 0.0833. The van der Waals surface area contributed by atoms with Crippen molar-refractivity contribution in [3.05, 3.63) is 56.8 Å². The van der Waals surface area contributed by atoms with E-state index < -0.39 is 4.92 Å². The first kappa shape index (κ1) is 12.3. The van der Waals surface area contributed by atoms with Gasteiger partial charge in [-0.1, -0.05) is 6.07 Å². The van der Waals surface area contributed by atoms with Crippen molar-refractivity contribution in [1.29, 1.82) is 0 Å². The SMILES string of the molecule is CN(/N=C/c1cccs1)c1ccc([N+](=O)[O-])cc1. The topological polar surface area (TPSA) is 58.7 Å². The zero-order chi connectivity index (χ0) is 13.0. The molecule has 0 spiro atoms. The molecule has 0 N–H and O–H groups in total. The third kappa shape index (κ3) is 2.92. The molecule has 18 heavy (non-hydrogen) atoms. The second-order valence-corrected chi connectivity index (χ2v) is 4.54. The normalized spacial score (nSPS) is 10.7. The van der Waals surface area contributed by atoms with E-state index in [1.54, 1.807) is 41.7 Å². The molecule has 0 bridgehead atoms. The van der Waals surface area contributed by atoms with Gasteiger partial charge in [-0.05, 0) is 23.6 Å². The Labute approximate surface area is 108 Å². The van der Waals surface area contributed by atoms with Gasteiger partial charge in [0.25, 0.3) is 5.69 Å². The number of anilines is 1. The molecule has 1 aromatic heterocycles. The third-order valence-corrected chi connectivity index (χ3v) is 3.14. The van der Waals surface area contributed by atoms with Crippen LogP contribution in [0.25, 0.3) is 0 Å². The molecular formula is C12H11N3O2S. The minimum absolute atomic E-state index is 0.0781. The molecule has 0 unspecified atom stereocenters. The van der Waals surface area contributed by atoms with Crippen molar-refractivity contribution in [2.24, 2.45) is 5.10 Å². The molecule has 2 aromatic rings. The Balaban J connectivity index is 2.09. The molecule has 2 rings (SSSR count).